The Hall–Kier alpha value is -2.90. The van der Waals surface area contributed by atoms with Gasteiger partial charge in [-0.15, -0.1) is 0 Å². The lowest BCUT2D eigenvalue weighted by atomic mass is 9.97. The molecule has 0 atom stereocenters. The Bertz CT molecular complexity index is 1090. The zero-order chi connectivity index (χ0) is 23.6. The highest BCUT2D eigenvalue weighted by molar-refractivity contribution is 5.66. The fourth-order valence-corrected chi connectivity index (χ4v) is 3.55. The Balaban J connectivity index is 1.86. The van der Waals surface area contributed by atoms with Crippen LogP contribution in [0.4, 0.5) is 35.1 Å². The summed E-state index contributed by atoms with van der Waals surface area (Å²) in [6.45, 7) is 1.96. The maximum atomic E-state index is 14.6. The van der Waals surface area contributed by atoms with Crippen LogP contribution in [-0.2, 0) is 25.4 Å². The monoisotopic (exact) mass is 458 g/mol. The molecule has 32 heavy (non-hydrogen) atoms. The third kappa shape index (κ3) is 5.11. The average molecular weight is 458 g/mol. The second-order valence-corrected chi connectivity index (χ2v) is 7.42. The van der Waals surface area contributed by atoms with E-state index in [-0.39, 0.29) is 30.5 Å². The van der Waals surface area contributed by atoms with Crippen molar-refractivity contribution in [2.75, 3.05) is 0 Å². The SMILES string of the molecule is CCCc1ccc(CCc2cc(F)c(-c3cc(F)c(C(F)(F)F)c(F)c3)c(F)c2)c(F)c1. The predicted octanol–water partition coefficient (Wildman–Crippen LogP) is 7.81. The summed E-state index contributed by atoms with van der Waals surface area (Å²) < 4.78 is 109. The quantitative estimate of drug-likeness (QED) is 0.331. The number of aryl methyl sites for hydroxylation is 3. The lowest BCUT2D eigenvalue weighted by Gasteiger charge is -2.13. The maximum absolute atomic E-state index is 14.6. The van der Waals surface area contributed by atoms with Gasteiger partial charge < -0.3 is 0 Å². The second-order valence-electron chi connectivity index (χ2n) is 7.42. The summed E-state index contributed by atoms with van der Waals surface area (Å²) >= 11 is 0. The van der Waals surface area contributed by atoms with Gasteiger partial charge in [0, 0.05) is 0 Å². The minimum Gasteiger partial charge on any atom is -0.207 e. The normalized spacial score (nSPS) is 11.8. The van der Waals surface area contributed by atoms with Gasteiger partial charge >= 0.3 is 6.18 Å². The van der Waals surface area contributed by atoms with Crippen LogP contribution in [0.5, 0.6) is 0 Å². The van der Waals surface area contributed by atoms with E-state index in [2.05, 4.69) is 0 Å². The van der Waals surface area contributed by atoms with Crippen molar-refractivity contribution in [3.8, 4) is 11.1 Å². The highest BCUT2D eigenvalue weighted by Gasteiger charge is 2.38. The van der Waals surface area contributed by atoms with Crippen molar-refractivity contribution in [1.82, 2.24) is 0 Å². The summed E-state index contributed by atoms with van der Waals surface area (Å²) in [5.74, 6) is -6.77. The highest BCUT2D eigenvalue weighted by Crippen LogP contribution is 2.37. The van der Waals surface area contributed by atoms with Crippen molar-refractivity contribution >= 4 is 0 Å². The van der Waals surface area contributed by atoms with Crippen LogP contribution in [0.3, 0.4) is 0 Å². The van der Waals surface area contributed by atoms with Gasteiger partial charge in [0.2, 0.25) is 0 Å². The van der Waals surface area contributed by atoms with Crippen molar-refractivity contribution in [3.63, 3.8) is 0 Å². The molecule has 0 heterocycles. The van der Waals surface area contributed by atoms with Gasteiger partial charge in [-0.25, -0.2) is 22.0 Å². The standard InChI is InChI=1S/C24H18F8/c1-2-3-13-4-6-15(17(25)8-13)7-5-14-9-18(26)22(19(27)10-14)16-11-20(28)23(21(29)12-16)24(30,31)32/h4,6,8-12H,2-3,5,7H2,1H3. The van der Waals surface area contributed by atoms with Crippen LogP contribution >= 0.6 is 0 Å². The molecule has 0 radical (unpaired) electrons. The molecule has 0 aliphatic heterocycles. The molecule has 0 bridgehead atoms. The maximum Gasteiger partial charge on any atom is 0.422 e. The molecule has 0 unspecified atom stereocenters. The predicted molar refractivity (Wildman–Crippen MR) is 105 cm³/mol. The molecule has 0 nitrogen and oxygen atoms in total. The van der Waals surface area contributed by atoms with Crippen LogP contribution in [0.2, 0.25) is 0 Å². The van der Waals surface area contributed by atoms with Gasteiger partial charge in [-0.1, -0.05) is 25.5 Å². The number of alkyl halides is 3. The Kier molecular flexibility index (Phi) is 6.91. The first-order chi connectivity index (χ1) is 15.0. The highest BCUT2D eigenvalue weighted by atomic mass is 19.4. The molecule has 3 aromatic rings. The Morgan fingerprint density at radius 2 is 1.19 bits per heavy atom. The summed E-state index contributed by atoms with van der Waals surface area (Å²) in [6.07, 6.45) is -3.48. The van der Waals surface area contributed by atoms with Crippen molar-refractivity contribution in [3.05, 3.63) is 93.8 Å². The molecule has 3 rings (SSSR count). The topological polar surface area (TPSA) is 0 Å². The van der Waals surface area contributed by atoms with Gasteiger partial charge in [-0.3, -0.25) is 0 Å². The van der Waals surface area contributed by atoms with E-state index in [0.29, 0.717) is 5.56 Å². The first kappa shape index (κ1) is 23.8. The zero-order valence-corrected chi connectivity index (χ0v) is 16.9. The van der Waals surface area contributed by atoms with Crippen molar-refractivity contribution in [2.45, 2.75) is 38.8 Å². The Labute approximate surface area is 179 Å². The van der Waals surface area contributed by atoms with E-state index in [9.17, 15) is 35.1 Å². The number of hydrogen-bond acceptors (Lipinski definition) is 0. The first-order valence-electron chi connectivity index (χ1n) is 9.83. The van der Waals surface area contributed by atoms with Gasteiger partial charge in [0.15, 0.2) is 0 Å². The van der Waals surface area contributed by atoms with E-state index in [0.717, 1.165) is 30.5 Å². The number of rotatable bonds is 6. The molecule has 170 valence electrons. The van der Waals surface area contributed by atoms with E-state index in [4.69, 9.17) is 0 Å². The lowest BCUT2D eigenvalue weighted by Crippen LogP contribution is -2.11. The number of hydrogen-bond donors (Lipinski definition) is 0. The molecule has 0 saturated carbocycles. The Morgan fingerprint density at radius 1 is 0.625 bits per heavy atom. The van der Waals surface area contributed by atoms with Crippen molar-refractivity contribution in [2.24, 2.45) is 0 Å². The van der Waals surface area contributed by atoms with Gasteiger partial charge in [-0.2, -0.15) is 13.2 Å². The molecular formula is C24H18F8. The summed E-state index contributed by atoms with van der Waals surface area (Å²) in [5, 5.41) is 0. The lowest BCUT2D eigenvalue weighted by molar-refractivity contribution is -0.142. The molecule has 0 fully saturated rings. The number of benzene rings is 3. The van der Waals surface area contributed by atoms with Gasteiger partial charge in [0.05, 0.1) is 5.56 Å². The van der Waals surface area contributed by atoms with E-state index < -0.39 is 52.0 Å². The zero-order valence-electron chi connectivity index (χ0n) is 16.9. The van der Waals surface area contributed by atoms with Crippen LogP contribution in [0.1, 0.15) is 35.6 Å². The summed E-state index contributed by atoms with van der Waals surface area (Å²) in [5.41, 5.74) is -2.32. The first-order valence-corrected chi connectivity index (χ1v) is 9.83. The average Bonchev–Trinajstić information content (AvgIpc) is 2.65. The van der Waals surface area contributed by atoms with E-state index in [1.54, 1.807) is 12.1 Å². The molecule has 0 aliphatic carbocycles. The summed E-state index contributed by atoms with van der Waals surface area (Å²) in [6, 6.07) is 7.09. The second kappa shape index (κ2) is 9.30. The molecule has 8 heteroatoms. The smallest absolute Gasteiger partial charge is 0.207 e. The molecule has 0 amide bonds. The van der Waals surface area contributed by atoms with Crippen LogP contribution in [0, 0.1) is 29.1 Å². The largest absolute Gasteiger partial charge is 0.422 e. The van der Waals surface area contributed by atoms with Crippen LogP contribution in [0.15, 0.2) is 42.5 Å². The third-order valence-corrected chi connectivity index (χ3v) is 5.06. The van der Waals surface area contributed by atoms with E-state index in [1.165, 1.54) is 6.07 Å². The third-order valence-electron chi connectivity index (χ3n) is 5.06. The Morgan fingerprint density at radius 3 is 1.69 bits per heavy atom. The molecule has 0 spiro atoms. The van der Waals surface area contributed by atoms with Crippen LogP contribution < -0.4 is 0 Å². The minimum atomic E-state index is -5.29. The summed E-state index contributed by atoms with van der Waals surface area (Å²) in [7, 11) is 0. The molecule has 0 aliphatic rings. The summed E-state index contributed by atoms with van der Waals surface area (Å²) in [4.78, 5) is 0. The molecular weight excluding hydrogens is 440 g/mol. The van der Waals surface area contributed by atoms with Crippen LogP contribution in [0.25, 0.3) is 11.1 Å². The number of halogens is 8. The van der Waals surface area contributed by atoms with E-state index >= 15 is 0 Å². The minimum absolute atomic E-state index is 0.0773. The molecule has 0 aromatic heterocycles. The van der Waals surface area contributed by atoms with Gasteiger partial charge in [-0.05, 0) is 71.8 Å². The van der Waals surface area contributed by atoms with Crippen LogP contribution in [-0.4, -0.2) is 0 Å². The molecule has 0 saturated heterocycles. The van der Waals surface area contributed by atoms with E-state index in [1.807, 2.05) is 6.92 Å². The van der Waals surface area contributed by atoms with Gasteiger partial charge in [0.25, 0.3) is 0 Å². The van der Waals surface area contributed by atoms with Crippen molar-refractivity contribution in [1.29, 1.82) is 0 Å². The fraction of sp³-hybridized carbons (Fsp3) is 0.250. The molecule has 3 aromatic carbocycles. The van der Waals surface area contributed by atoms with Gasteiger partial charge in [0.1, 0.15) is 34.6 Å². The van der Waals surface area contributed by atoms with Crippen molar-refractivity contribution < 1.29 is 35.1 Å². The fourth-order valence-electron chi connectivity index (χ4n) is 3.55. The molecule has 0 N–H and O–H groups in total.